The lowest BCUT2D eigenvalue weighted by atomic mass is 10.1. The topological polar surface area (TPSA) is 39.7 Å². The van der Waals surface area contributed by atoms with Crippen LogP contribution in [-0.4, -0.2) is 46.1 Å². The summed E-state index contributed by atoms with van der Waals surface area (Å²) in [5, 5.41) is 0.993. The first-order chi connectivity index (χ1) is 12.9. The number of hydrogen-bond donors (Lipinski definition) is 0. The number of aromatic nitrogens is 1. The van der Waals surface area contributed by atoms with Gasteiger partial charge in [-0.25, -0.2) is 4.79 Å². The highest BCUT2D eigenvalue weighted by Crippen LogP contribution is 2.33. The van der Waals surface area contributed by atoms with E-state index in [0.29, 0.717) is 19.9 Å². The maximum Gasteiger partial charge on any atom is 0.327 e. The third-order valence-corrected chi connectivity index (χ3v) is 5.77. The van der Waals surface area contributed by atoms with Crippen LogP contribution in [0.15, 0.2) is 12.2 Å². The fraction of sp³-hybridized carbons (Fsp3) is 0.619. The Labute approximate surface area is 168 Å². The summed E-state index contributed by atoms with van der Waals surface area (Å²) < 4.78 is 4.66. The molecule has 0 saturated carbocycles. The Morgan fingerprint density at radius 1 is 1.37 bits per heavy atom. The van der Waals surface area contributed by atoms with Gasteiger partial charge in [0.1, 0.15) is 5.00 Å². The Bertz CT molecular complexity index is 730. The summed E-state index contributed by atoms with van der Waals surface area (Å²) in [5.41, 5.74) is 3.44. The molecule has 1 saturated heterocycles. The van der Waals surface area contributed by atoms with Gasteiger partial charge in [0.15, 0.2) is 0 Å². The van der Waals surface area contributed by atoms with Crippen LogP contribution in [-0.2, 0) is 12.8 Å². The number of carbonyl (C=O) groups excluding carboxylic acids is 1. The highest BCUT2D eigenvalue weighted by Gasteiger charge is 2.35. The molecule has 148 valence electrons. The Morgan fingerprint density at radius 3 is 2.70 bits per heavy atom. The van der Waals surface area contributed by atoms with Crippen molar-refractivity contribution in [2.75, 3.05) is 24.8 Å². The van der Waals surface area contributed by atoms with Crippen molar-refractivity contribution in [1.29, 1.82) is 0 Å². The molecule has 1 aromatic heterocycles. The van der Waals surface area contributed by atoms with E-state index in [1.165, 1.54) is 17.1 Å². The Balaban J connectivity index is 2.35. The summed E-state index contributed by atoms with van der Waals surface area (Å²) in [6.07, 6.45) is 3.72. The van der Waals surface area contributed by atoms with E-state index in [1.807, 2.05) is 23.6 Å². The predicted molar refractivity (Wildman–Crippen MR) is 114 cm³/mol. The van der Waals surface area contributed by atoms with Crippen molar-refractivity contribution in [2.24, 2.45) is 0 Å². The maximum atomic E-state index is 13.2. The van der Waals surface area contributed by atoms with E-state index in [-0.39, 0.29) is 12.1 Å². The van der Waals surface area contributed by atoms with Gasteiger partial charge in [-0.2, -0.15) is 4.37 Å². The monoisotopic (exact) mass is 388 g/mol. The van der Waals surface area contributed by atoms with E-state index < -0.39 is 0 Å². The summed E-state index contributed by atoms with van der Waals surface area (Å²) >= 11 is 1.45. The van der Waals surface area contributed by atoms with Crippen LogP contribution in [0.2, 0.25) is 0 Å². The summed E-state index contributed by atoms with van der Waals surface area (Å²) in [6, 6.07) is 0.150. The molecular weight excluding hydrogens is 356 g/mol. The largest absolute Gasteiger partial charge is 0.327 e. The van der Waals surface area contributed by atoms with Crippen LogP contribution in [0.25, 0.3) is 0 Å². The molecule has 2 rings (SSSR count). The first-order valence-electron chi connectivity index (χ1n) is 9.77. The van der Waals surface area contributed by atoms with E-state index in [0.717, 1.165) is 42.0 Å². The highest BCUT2D eigenvalue weighted by molar-refractivity contribution is 7.10. The van der Waals surface area contributed by atoms with Gasteiger partial charge < -0.3 is 4.90 Å². The number of aryl methyl sites for hydroxylation is 1. The molecular formula is C21H32N4OS. The minimum Gasteiger partial charge on any atom is -0.311 e. The van der Waals surface area contributed by atoms with Crippen molar-refractivity contribution in [3.63, 3.8) is 0 Å². The Morgan fingerprint density at radius 2 is 2.11 bits per heavy atom. The summed E-state index contributed by atoms with van der Waals surface area (Å²) in [6.45, 7) is 16.1. The van der Waals surface area contributed by atoms with Gasteiger partial charge in [-0.3, -0.25) is 9.80 Å². The van der Waals surface area contributed by atoms with Gasteiger partial charge in [0.25, 0.3) is 0 Å². The fourth-order valence-corrected chi connectivity index (χ4v) is 4.26. The van der Waals surface area contributed by atoms with Gasteiger partial charge >= 0.3 is 6.03 Å². The Hall–Kier alpha value is -1.84. The average Bonchev–Trinajstić information content (AvgIpc) is 3.03. The standard InChI is InChI=1S/C21H32N4OS/c1-7-10-17(6)24-14-23(13-12-16(4)5)21(26)25(15-24)20-18(9-3)19(11-8-2)22-27-20/h17H,4,8-9,11-15H2,1-3,5-6H3. The number of urea groups is 1. The summed E-state index contributed by atoms with van der Waals surface area (Å²) in [7, 11) is 0. The molecule has 1 fully saturated rings. The molecule has 1 aliphatic rings. The van der Waals surface area contributed by atoms with Crippen LogP contribution >= 0.6 is 11.5 Å². The number of anilines is 1. The van der Waals surface area contributed by atoms with Gasteiger partial charge in [-0.1, -0.05) is 31.8 Å². The molecule has 6 heteroatoms. The SMILES string of the molecule is C=C(C)CCN1CN(C(C)C#CC)CN(c2snc(CCC)c2CC)C1=O. The van der Waals surface area contributed by atoms with Gasteiger partial charge in [0.2, 0.25) is 0 Å². The predicted octanol–water partition coefficient (Wildman–Crippen LogP) is 4.50. The third-order valence-electron chi connectivity index (χ3n) is 4.82. The van der Waals surface area contributed by atoms with Crippen LogP contribution in [0, 0.1) is 11.8 Å². The molecule has 0 N–H and O–H groups in total. The van der Waals surface area contributed by atoms with Crippen molar-refractivity contribution in [3.05, 3.63) is 23.4 Å². The second kappa shape index (κ2) is 9.91. The van der Waals surface area contributed by atoms with Crippen molar-refractivity contribution in [1.82, 2.24) is 14.2 Å². The molecule has 1 aromatic rings. The molecule has 1 unspecified atom stereocenters. The zero-order valence-electron chi connectivity index (χ0n) is 17.3. The molecule has 2 heterocycles. The van der Waals surface area contributed by atoms with Crippen LogP contribution in [0.4, 0.5) is 9.80 Å². The van der Waals surface area contributed by atoms with Crippen molar-refractivity contribution >= 4 is 22.6 Å². The van der Waals surface area contributed by atoms with E-state index in [9.17, 15) is 4.79 Å². The van der Waals surface area contributed by atoms with Gasteiger partial charge in [-0.15, -0.1) is 12.5 Å². The van der Waals surface area contributed by atoms with Crippen molar-refractivity contribution in [2.45, 2.75) is 66.3 Å². The minimum atomic E-state index is 0.0607. The fourth-order valence-electron chi connectivity index (χ4n) is 3.26. The maximum absolute atomic E-state index is 13.2. The van der Waals surface area contributed by atoms with Crippen molar-refractivity contribution < 1.29 is 4.79 Å². The number of hydrogen-bond acceptors (Lipinski definition) is 4. The molecule has 5 nitrogen and oxygen atoms in total. The average molecular weight is 389 g/mol. The highest BCUT2D eigenvalue weighted by atomic mass is 32.1. The lowest BCUT2D eigenvalue weighted by Crippen LogP contribution is -2.60. The first-order valence-corrected chi connectivity index (χ1v) is 10.5. The number of rotatable bonds is 8. The number of amides is 2. The second-order valence-corrected chi connectivity index (χ2v) is 7.89. The van der Waals surface area contributed by atoms with Crippen molar-refractivity contribution in [3.8, 4) is 11.8 Å². The van der Waals surface area contributed by atoms with E-state index in [2.05, 4.69) is 48.5 Å². The van der Waals surface area contributed by atoms with Crippen LogP contribution in [0.5, 0.6) is 0 Å². The molecule has 27 heavy (non-hydrogen) atoms. The van der Waals surface area contributed by atoms with E-state index in [4.69, 9.17) is 0 Å². The van der Waals surface area contributed by atoms with Gasteiger partial charge in [0.05, 0.1) is 25.1 Å². The van der Waals surface area contributed by atoms with Gasteiger partial charge in [0, 0.05) is 12.1 Å². The number of carbonyl (C=O) groups is 1. The Kier molecular flexibility index (Phi) is 7.88. The molecule has 1 atom stereocenters. The lowest BCUT2D eigenvalue weighted by molar-refractivity contribution is 0.105. The minimum absolute atomic E-state index is 0.0607. The third kappa shape index (κ3) is 5.12. The molecule has 0 radical (unpaired) electrons. The molecule has 2 amide bonds. The smallest absolute Gasteiger partial charge is 0.311 e. The zero-order chi connectivity index (χ0) is 20.0. The quantitative estimate of drug-likeness (QED) is 0.486. The second-order valence-electron chi connectivity index (χ2n) is 7.14. The molecule has 0 aliphatic carbocycles. The zero-order valence-corrected chi connectivity index (χ0v) is 18.2. The van der Waals surface area contributed by atoms with E-state index in [1.54, 1.807) is 0 Å². The normalized spacial score (nSPS) is 16.3. The van der Waals surface area contributed by atoms with Gasteiger partial charge in [-0.05, 0) is 51.6 Å². The molecule has 0 spiro atoms. The molecule has 1 aliphatic heterocycles. The lowest BCUT2D eigenvalue weighted by Gasteiger charge is -2.43. The summed E-state index contributed by atoms with van der Waals surface area (Å²) in [5.74, 6) is 6.22. The summed E-state index contributed by atoms with van der Waals surface area (Å²) in [4.78, 5) is 19.3. The van der Waals surface area contributed by atoms with E-state index >= 15 is 0 Å². The van der Waals surface area contributed by atoms with Crippen LogP contribution < -0.4 is 4.90 Å². The van der Waals surface area contributed by atoms with Crippen LogP contribution in [0.1, 0.15) is 58.7 Å². The first kappa shape index (κ1) is 21.5. The molecule has 0 aromatic carbocycles. The molecule has 0 bridgehead atoms. The van der Waals surface area contributed by atoms with Crippen LogP contribution in [0.3, 0.4) is 0 Å². The number of nitrogens with zero attached hydrogens (tertiary/aromatic N) is 4.